The van der Waals surface area contributed by atoms with Gasteiger partial charge in [-0.3, -0.25) is 4.90 Å². The van der Waals surface area contributed by atoms with Crippen molar-refractivity contribution in [2.24, 2.45) is 0 Å². The van der Waals surface area contributed by atoms with Crippen LogP contribution in [0, 0.1) is 0 Å². The van der Waals surface area contributed by atoms with E-state index in [-0.39, 0.29) is 44.6 Å². The lowest BCUT2D eigenvalue weighted by molar-refractivity contribution is 0.332. The highest BCUT2D eigenvalue weighted by molar-refractivity contribution is 7.01. The SMILES string of the molecule is CC(C)(C)c1ccc(N2c3ccc(C(C)(C)C)cc3B3c4c2cc(-c2ccc(-n5c6ccc(C(C)(C)C)cc6c6cc(C(C)(C)C)ccc65)cc2)cc4N(c2ccc(C(C)(C)C)cc2)c2oc4cc5c(cc4c23)C(C)(C)CCC5(C)C)cc1. The Morgan fingerprint density at radius 2 is 0.795 bits per heavy atom. The molecule has 0 bridgehead atoms. The number of benzene rings is 8. The minimum atomic E-state index is -0.120. The van der Waals surface area contributed by atoms with Gasteiger partial charge in [-0.25, -0.2) is 0 Å². The first kappa shape index (κ1) is 55.0. The first-order valence-corrected chi connectivity index (χ1v) is 30.7. The van der Waals surface area contributed by atoms with Gasteiger partial charge in [-0.15, -0.1) is 0 Å². The average molecular weight is 1090 g/mol. The summed E-state index contributed by atoms with van der Waals surface area (Å²) in [5.41, 5.74) is 25.9. The maximum Gasteiger partial charge on any atom is 0.257 e. The Balaban J connectivity index is 1.10. The lowest BCUT2D eigenvalue weighted by atomic mass is 9.33. The minimum absolute atomic E-state index is 0.00496. The smallest absolute Gasteiger partial charge is 0.257 e. The number of fused-ring (bicyclic) bond motifs is 10. The van der Waals surface area contributed by atoms with Gasteiger partial charge in [0.25, 0.3) is 6.71 Å². The predicted octanol–water partition coefficient (Wildman–Crippen LogP) is 20.1. The summed E-state index contributed by atoms with van der Waals surface area (Å²) in [6.07, 6.45) is 2.28. The zero-order chi connectivity index (χ0) is 59.0. The van der Waals surface area contributed by atoms with Crippen LogP contribution in [-0.2, 0) is 37.9 Å². The normalized spacial score (nSPS) is 15.9. The molecule has 10 aromatic rings. The van der Waals surface area contributed by atoms with Crippen molar-refractivity contribution in [3.63, 3.8) is 0 Å². The molecule has 0 spiro atoms. The summed E-state index contributed by atoms with van der Waals surface area (Å²) in [5, 5.41) is 3.81. The lowest BCUT2D eigenvalue weighted by Crippen LogP contribution is -2.61. The van der Waals surface area contributed by atoms with E-state index in [1.165, 1.54) is 93.9 Å². The maximum atomic E-state index is 7.64. The van der Waals surface area contributed by atoms with Crippen LogP contribution in [0.1, 0.15) is 183 Å². The quantitative estimate of drug-likeness (QED) is 0.164. The fourth-order valence-electron chi connectivity index (χ4n) is 14.0. The van der Waals surface area contributed by atoms with Crippen molar-refractivity contribution in [2.75, 3.05) is 9.80 Å². The van der Waals surface area contributed by atoms with Gasteiger partial charge < -0.3 is 13.9 Å². The summed E-state index contributed by atoms with van der Waals surface area (Å²) in [4.78, 5) is 5.07. The van der Waals surface area contributed by atoms with Gasteiger partial charge in [0.1, 0.15) is 5.58 Å². The summed E-state index contributed by atoms with van der Waals surface area (Å²) in [5.74, 6) is 0.906. The molecule has 422 valence electrons. The molecule has 0 amide bonds. The van der Waals surface area contributed by atoms with Gasteiger partial charge in [-0.05, 0) is 203 Å². The Hall–Kier alpha value is -7.24. The summed E-state index contributed by atoms with van der Waals surface area (Å²) in [7, 11) is 0. The first-order valence-electron chi connectivity index (χ1n) is 30.7. The van der Waals surface area contributed by atoms with Crippen molar-refractivity contribution >= 4 is 90.2 Å². The molecule has 0 unspecified atom stereocenters. The number of aromatic nitrogens is 1. The van der Waals surface area contributed by atoms with E-state index in [0.717, 1.165) is 58.2 Å². The van der Waals surface area contributed by atoms with Crippen LogP contribution in [0.2, 0.25) is 0 Å². The monoisotopic (exact) mass is 1090 g/mol. The molecular formula is C78H86BN3O. The second-order valence-corrected chi connectivity index (χ2v) is 31.5. The maximum absolute atomic E-state index is 7.64. The first-order chi connectivity index (χ1) is 38.8. The molecule has 8 aromatic carbocycles. The fraction of sp³-hybridized carbons (Fsp3) is 0.359. The Morgan fingerprint density at radius 1 is 0.373 bits per heavy atom. The Labute approximate surface area is 496 Å². The molecule has 4 nitrogen and oxygen atoms in total. The number of nitrogens with zero attached hydrogens (tertiary/aromatic N) is 3. The molecular weight excluding hydrogens is 1010 g/mol. The molecule has 0 saturated carbocycles. The van der Waals surface area contributed by atoms with Crippen LogP contribution < -0.4 is 26.2 Å². The van der Waals surface area contributed by atoms with Gasteiger partial charge in [0, 0.05) is 55.7 Å². The van der Waals surface area contributed by atoms with Crippen LogP contribution in [0.4, 0.5) is 34.3 Å². The molecule has 1 aliphatic carbocycles. The van der Waals surface area contributed by atoms with E-state index in [9.17, 15) is 0 Å². The molecule has 0 atom stereocenters. The topological polar surface area (TPSA) is 24.6 Å². The number of furan rings is 1. The molecule has 3 aliphatic rings. The average Bonchev–Trinajstić information content (AvgIpc) is 2.07. The molecule has 0 fully saturated rings. The molecule has 0 N–H and O–H groups in total. The van der Waals surface area contributed by atoms with Crippen LogP contribution in [0.25, 0.3) is 49.6 Å². The van der Waals surface area contributed by atoms with Crippen LogP contribution in [0.3, 0.4) is 0 Å². The zero-order valence-corrected chi connectivity index (χ0v) is 53.2. The van der Waals surface area contributed by atoms with Crippen molar-refractivity contribution in [3.8, 4) is 16.8 Å². The number of hydrogen-bond donors (Lipinski definition) is 0. The Morgan fingerprint density at radius 3 is 1.29 bits per heavy atom. The largest absolute Gasteiger partial charge is 0.440 e. The third-order valence-corrected chi connectivity index (χ3v) is 19.5. The lowest BCUT2D eigenvalue weighted by Gasteiger charge is -2.43. The predicted molar refractivity (Wildman–Crippen MR) is 359 cm³/mol. The highest BCUT2D eigenvalue weighted by Crippen LogP contribution is 2.52. The van der Waals surface area contributed by atoms with Crippen LogP contribution in [0.5, 0.6) is 0 Å². The van der Waals surface area contributed by atoms with Gasteiger partial charge >= 0.3 is 0 Å². The van der Waals surface area contributed by atoms with Crippen molar-refractivity contribution < 1.29 is 4.42 Å². The number of rotatable bonds is 4. The third-order valence-electron chi connectivity index (χ3n) is 19.5. The van der Waals surface area contributed by atoms with E-state index in [4.69, 9.17) is 4.42 Å². The van der Waals surface area contributed by atoms with Crippen molar-refractivity contribution in [3.05, 3.63) is 191 Å². The van der Waals surface area contributed by atoms with E-state index in [1.54, 1.807) is 0 Å². The minimum Gasteiger partial charge on any atom is -0.440 e. The summed E-state index contributed by atoms with van der Waals surface area (Å²) in [6.45, 7) is 44.4. The van der Waals surface area contributed by atoms with E-state index in [2.05, 4.69) is 298 Å². The van der Waals surface area contributed by atoms with Gasteiger partial charge in [-0.1, -0.05) is 192 Å². The van der Waals surface area contributed by atoms with Crippen LogP contribution >= 0.6 is 0 Å². The van der Waals surface area contributed by atoms with Crippen molar-refractivity contribution in [1.82, 2.24) is 4.57 Å². The molecule has 5 heteroatoms. The van der Waals surface area contributed by atoms with Crippen molar-refractivity contribution in [2.45, 2.75) is 182 Å². The fourth-order valence-corrected chi connectivity index (χ4v) is 14.0. The molecule has 13 rings (SSSR count). The Bertz CT molecular complexity index is 4190. The van der Waals surface area contributed by atoms with Gasteiger partial charge in [0.05, 0.1) is 11.0 Å². The molecule has 0 radical (unpaired) electrons. The zero-order valence-electron chi connectivity index (χ0n) is 53.2. The van der Waals surface area contributed by atoms with E-state index in [1.807, 2.05) is 0 Å². The van der Waals surface area contributed by atoms with Gasteiger partial charge in [0.2, 0.25) is 5.88 Å². The van der Waals surface area contributed by atoms with Crippen LogP contribution in [0.15, 0.2) is 156 Å². The van der Waals surface area contributed by atoms with Crippen LogP contribution in [-0.4, -0.2) is 11.3 Å². The summed E-state index contributed by atoms with van der Waals surface area (Å²) < 4.78 is 10.1. The van der Waals surface area contributed by atoms with Gasteiger partial charge in [-0.2, -0.15) is 0 Å². The summed E-state index contributed by atoms with van der Waals surface area (Å²) >= 11 is 0. The van der Waals surface area contributed by atoms with E-state index < -0.39 is 0 Å². The Kier molecular flexibility index (Phi) is 12.0. The summed E-state index contributed by atoms with van der Waals surface area (Å²) in [6, 6.07) is 59.7. The second kappa shape index (κ2) is 18.1. The van der Waals surface area contributed by atoms with Crippen molar-refractivity contribution in [1.29, 1.82) is 0 Å². The van der Waals surface area contributed by atoms with Gasteiger partial charge in [0.15, 0.2) is 0 Å². The second-order valence-electron chi connectivity index (χ2n) is 31.5. The third kappa shape index (κ3) is 8.91. The molecule has 0 saturated heterocycles. The van der Waals surface area contributed by atoms with E-state index in [0.29, 0.717) is 0 Å². The van der Waals surface area contributed by atoms with E-state index >= 15 is 0 Å². The number of hydrogen-bond acceptors (Lipinski definition) is 3. The number of anilines is 6. The highest BCUT2D eigenvalue weighted by Gasteiger charge is 2.48. The highest BCUT2D eigenvalue weighted by atomic mass is 16.4. The molecule has 2 aliphatic heterocycles. The molecule has 4 heterocycles. The standard InChI is InChI=1S/C78H86BN3O/c1-72(2,3)49-22-31-55(32-23-49)81-65-37-28-53(76(13,14)15)44-62(65)79-69-59-45-60-61(78(18,19)39-38-77(60,16)17)46-68(59)83-71(69)82(56-33-24-50(25-34-56)73(4,5)6)67-41-48(40-66(81)70(67)79)47-20-29-54(30-21-47)80-63-35-26-51(74(7,8)9)42-57(63)58-43-52(75(10,11)12)27-36-64(58)80/h20-37,40-46H,38-39H2,1-19H3. The molecule has 83 heavy (non-hydrogen) atoms. The molecule has 2 aromatic heterocycles.